The Balaban J connectivity index is 0.000000161. The first-order valence-electron chi connectivity index (χ1n) is 9.16. The number of fused-ring (bicyclic) bond motifs is 2. The predicted molar refractivity (Wildman–Crippen MR) is 110 cm³/mol. The molecular formula is C20H28O6S2. The summed E-state index contributed by atoms with van der Waals surface area (Å²) in [4.78, 5) is 5.00. The number of thiophene rings is 2. The molecule has 28 heavy (non-hydrogen) atoms. The van der Waals surface area contributed by atoms with Crippen LogP contribution in [0.5, 0.6) is 11.5 Å². The Morgan fingerprint density at radius 2 is 1.43 bits per heavy atom. The lowest BCUT2D eigenvalue weighted by Crippen LogP contribution is -2.32. The van der Waals surface area contributed by atoms with Gasteiger partial charge in [0.2, 0.25) is 0 Å². The fourth-order valence-corrected chi connectivity index (χ4v) is 5.24. The lowest BCUT2D eigenvalue weighted by Gasteiger charge is -2.24. The van der Waals surface area contributed by atoms with Gasteiger partial charge in [-0.05, 0) is 38.8 Å². The summed E-state index contributed by atoms with van der Waals surface area (Å²) in [6.45, 7) is 10.1. The van der Waals surface area contributed by atoms with E-state index < -0.39 is 6.48 Å². The van der Waals surface area contributed by atoms with Crippen molar-refractivity contribution in [1.29, 1.82) is 0 Å². The van der Waals surface area contributed by atoms with Gasteiger partial charge in [0.15, 0.2) is 17.6 Å². The molecule has 0 spiro atoms. The average Bonchev–Trinajstić information content (AvgIpc) is 3.00. The van der Waals surface area contributed by atoms with Crippen LogP contribution in [0.2, 0.25) is 0 Å². The first kappa shape index (κ1) is 21.5. The number of rotatable bonds is 3. The smallest absolute Gasteiger partial charge is 0.271 e. The highest BCUT2D eigenvalue weighted by atomic mass is 32.1. The van der Waals surface area contributed by atoms with E-state index in [-0.39, 0.29) is 6.10 Å². The largest absolute Gasteiger partial charge is 0.485 e. The van der Waals surface area contributed by atoms with Gasteiger partial charge in [-0.15, -0.1) is 22.7 Å². The van der Waals surface area contributed by atoms with Crippen molar-refractivity contribution in [1.82, 2.24) is 0 Å². The average molecular weight is 429 g/mol. The van der Waals surface area contributed by atoms with Gasteiger partial charge in [0, 0.05) is 33.7 Å². The monoisotopic (exact) mass is 428 g/mol. The van der Waals surface area contributed by atoms with Gasteiger partial charge in [-0.1, -0.05) is 0 Å². The summed E-state index contributed by atoms with van der Waals surface area (Å²) in [6, 6.07) is 0. The van der Waals surface area contributed by atoms with Crippen LogP contribution in [0.15, 0.2) is 0 Å². The summed E-state index contributed by atoms with van der Waals surface area (Å²) < 4.78 is 32.4. The molecule has 0 saturated heterocycles. The third-order valence-electron chi connectivity index (χ3n) is 4.64. The van der Waals surface area contributed by atoms with E-state index in [0.717, 1.165) is 11.5 Å². The SMILES string of the molecule is COC1OCc2c(C)sc(C)c2CO1.COCC1COc2c(C)sc(C)c2O1. The molecule has 4 heterocycles. The number of aryl methyl sites for hydroxylation is 4. The van der Waals surface area contributed by atoms with Crippen LogP contribution in [-0.2, 0) is 32.2 Å². The van der Waals surface area contributed by atoms with Crippen molar-refractivity contribution >= 4 is 22.7 Å². The maximum Gasteiger partial charge on any atom is 0.271 e. The van der Waals surface area contributed by atoms with E-state index in [4.69, 9.17) is 28.4 Å². The van der Waals surface area contributed by atoms with E-state index in [9.17, 15) is 0 Å². The molecule has 6 nitrogen and oxygen atoms in total. The molecule has 8 heteroatoms. The second kappa shape index (κ2) is 9.56. The summed E-state index contributed by atoms with van der Waals surface area (Å²) in [5.41, 5.74) is 2.54. The minimum atomic E-state index is -0.522. The standard InChI is InChI=1S/2C10H14O3S/c1-6-8-4-12-10(11-3)13-5-9(8)7(2)14-6;1-6-9-10(7(2)14-6)13-8(4-11-3)5-12-9/h10H,4-5H2,1-3H3;8H,4-5H2,1-3H3. The summed E-state index contributed by atoms with van der Waals surface area (Å²) in [6.07, 6.45) is 0.0280. The highest BCUT2D eigenvalue weighted by molar-refractivity contribution is 7.12. The Kier molecular flexibility index (Phi) is 7.36. The predicted octanol–water partition coefficient (Wildman–Crippen LogP) is 4.49. The molecule has 0 aliphatic carbocycles. The second-order valence-corrected chi connectivity index (χ2v) is 9.55. The van der Waals surface area contributed by atoms with E-state index in [1.807, 2.05) is 0 Å². The maximum absolute atomic E-state index is 5.78. The molecule has 0 amide bonds. The zero-order valence-corrected chi connectivity index (χ0v) is 18.9. The third kappa shape index (κ3) is 4.69. The van der Waals surface area contributed by atoms with Crippen molar-refractivity contribution in [2.45, 2.75) is 53.5 Å². The lowest BCUT2D eigenvalue weighted by atomic mass is 10.1. The Bertz CT molecular complexity index is 752. The van der Waals surface area contributed by atoms with Crippen LogP contribution in [0, 0.1) is 27.7 Å². The quantitative estimate of drug-likeness (QED) is 0.718. The van der Waals surface area contributed by atoms with Gasteiger partial charge in [0.1, 0.15) is 6.61 Å². The van der Waals surface area contributed by atoms with Gasteiger partial charge >= 0.3 is 0 Å². The minimum absolute atomic E-state index is 0.0280. The normalized spacial score (nSPS) is 18.9. The number of hydrogen-bond acceptors (Lipinski definition) is 8. The number of methoxy groups -OCH3 is 2. The highest BCUT2D eigenvalue weighted by Crippen LogP contribution is 2.43. The molecule has 2 aromatic rings. The van der Waals surface area contributed by atoms with Crippen molar-refractivity contribution in [3.05, 3.63) is 30.6 Å². The van der Waals surface area contributed by atoms with Crippen molar-refractivity contribution < 1.29 is 28.4 Å². The molecular weight excluding hydrogens is 400 g/mol. The summed E-state index contributed by atoms with van der Waals surface area (Å²) in [7, 11) is 3.26. The molecule has 4 rings (SSSR count). The van der Waals surface area contributed by atoms with E-state index in [1.165, 1.54) is 30.6 Å². The molecule has 0 fully saturated rings. The van der Waals surface area contributed by atoms with Gasteiger partial charge in [0.25, 0.3) is 6.48 Å². The Hall–Kier alpha value is -1.16. The molecule has 0 bridgehead atoms. The van der Waals surface area contributed by atoms with Crippen LogP contribution >= 0.6 is 22.7 Å². The summed E-state index contributed by atoms with van der Waals surface area (Å²) in [5, 5.41) is 0. The second-order valence-electron chi connectivity index (χ2n) is 6.70. The first-order valence-corrected chi connectivity index (χ1v) is 10.8. The molecule has 0 N–H and O–H groups in total. The molecule has 156 valence electrons. The van der Waals surface area contributed by atoms with Gasteiger partial charge in [0.05, 0.1) is 19.8 Å². The zero-order chi connectivity index (χ0) is 20.3. The fraction of sp³-hybridized carbons (Fsp3) is 0.600. The van der Waals surface area contributed by atoms with Crippen molar-refractivity contribution in [3.63, 3.8) is 0 Å². The summed E-state index contributed by atoms with van der Waals surface area (Å²) in [5.74, 6) is 1.82. The van der Waals surface area contributed by atoms with E-state index in [2.05, 4.69) is 27.7 Å². The Labute approximate surface area is 174 Å². The Morgan fingerprint density at radius 1 is 0.857 bits per heavy atom. The number of hydrogen-bond donors (Lipinski definition) is 0. The van der Waals surface area contributed by atoms with Crippen molar-refractivity contribution in [2.75, 3.05) is 27.4 Å². The molecule has 1 unspecified atom stereocenters. The Morgan fingerprint density at radius 3 is 2.00 bits per heavy atom. The van der Waals surface area contributed by atoms with Crippen LogP contribution in [0.3, 0.4) is 0 Å². The highest BCUT2D eigenvalue weighted by Gasteiger charge is 2.26. The summed E-state index contributed by atoms with van der Waals surface area (Å²) >= 11 is 3.52. The van der Waals surface area contributed by atoms with Gasteiger partial charge in [-0.3, -0.25) is 0 Å². The van der Waals surface area contributed by atoms with Crippen LogP contribution in [0.25, 0.3) is 0 Å². The minimum Gasteiger partial charge on any atom is -0.485 e. The molecule has 2 aromatic heterocycles. The van der Waals surface area contributed by atoms with Gasteiger partial charge in [-0.2, -0.15) is 0 Å². The van der Waals surface area contributed by atoms with Crippen molar-refractivity contribution in [2.24, 2.45) is 0 Å². The molecule has 2 aliphatic rings. The van der Waals surface area contributed by atoms with E-state index >= 15 is 0 Å². The first-order chi connectivity index (χ1) is 13.4. The van der Waals surface area contributed by atoms with Crippen LogP contribution < -0.4 is 9.47 Å². The van der Waals surface area contributed by atoms with E-state index in [1.54, 1.807) is 36.9 Å². The fourth-order valence-electron chi connectivity index (χ4n) is 3.23. The number of ether oxygens (including phenoxy) is 6. The van der Waals surface area contributed by atoms with Crippen molar-refractivity contribution in [3.8, 4) is 11.5 Å². The molecule has 1 atom stereocenters. The zero-order valence-electron chi connectivity index (χ0n) is 17.2. The third-order valence-corrected chi connectivity index (χ3v) is 6.73. The lowest BCUT2D eigenvalue weighted by molar-refractivity contribution is -0.282. The van der Waals surface area contributed by atoms with Gasteiger partial charge < -0.3 is 28.4 Å². The van der Waals surface area contributed by atoms with E-state index in [0.29, 0.717) is 26.4 Å². The van der Waals surface area contributed by atoms with Crippen LogP contribution in [0.4, 0.5) is 0 Å². The topological polar surface area (TPSA) is 55.4 Å². The molecule has 0 aromatic carbocycles. The molecule has 0 radical (unpaired) electrons. The molecule has 0 saturated carbocycles. The van der Waals surface area contributed by atoms with Crippen LogP contribution in [-0.4, -0.2) is 40.0 Å². The maximum atomic E-state index is 5.78. The van der Waals surface area contributed by atoms with Crippen LogP contribution in [0.1, 0.15) is 30.6 Å². The van der Waals surface area contributed by atoms with Gasteiger partial charge in [-0.25, -0.2) is 0 Å². The molecule has 2 aliphatic heterocycles.